The lowest BCUT2D eigenvalue weighted by Crippen LogP contribution is -2.49. The lowest BCUT2D eigenvalue weighted by molar-refractivity contribution is -0.144. The van der Waals surface area contributed by atoms with Gasteiger partial charge >= 0.3 is 0 Å². The van der Waals surface area contributed by atoms with Crippen molar-refractivity contribution in [2.75, 3.05) is 26.3 Å². The van der Waals surface area contributed by atoms with Crippen LogP contribution < -0.4 is 4.74 Å². The largest absolute Gasteiger partial charge is 0.478 e. The minimum atomic E-state index is -0.480. The van der Waals surface area contributed by atoms with E-state index in [2.05, 4.69) is 4.98 Å². The van der Waals surface area contributed by atoms with Crippen molar-refractivity contribution in [1.29, 1.82) is 0 Å². The molecule has 2 aromatic rings. The molecule has 1 aromatic carbocycles. The van der Waals surface area contributed by atoms with Crippen LogP contribution in [0.3, 0.4) is 0 Å². The van der Waals surface area contributed by atoms with Gasteiger partial charge in [-0.15, -0.1) is 0 Å². The summed E-state index contributed by atoms with van der Waals surface area (Å²) in [6.45, 7) is 6.50. The quantitative estimate of drug-likeness (QED) is 0.943. The molecule has 3 rings (SSSR count). The van der Waals surface area contributed by atoms with E-state index in [1.165, 1.54) is 0 Å². The molecule has 1 amide bonds. The van der Waals surface area contributed by atoms with Crippen LogP contribution in [-0.2, 0) is 9.53 Å². The molecule has 1 aliphatic rings. The Morgan fingerprint density at radius 2 is 2.05 bits per heavy atom. The van der Waals surface area contributed by atoms with Gasteiger partial charge in [-0.3, -0.25) is 4.79 Å². The van der Waals surface area contributed by atoms with Crippen LogP contribution in [0.5, 0.6) is 5.75 Å². The first kappa shape index (κ1) is 14.9. The molecule has 1 unspecified atom stereocenters. The summed E-state index contributed by atoms with van der Waals surface area (Å²) in [6.07, 6.45) is 1.40. The van der Waals surface area contributed by atoms with Gasteiger partial charge in [0.15, 0.2) is 6.10 Å². The number of H-pyrrole nitrogens is 1. The van der Waals surface area contributed by atoms with E-state index in [-0.39, 0.29) is 11.8 Å². The maximum Gasteiger partial charge on any atom is 0.264 e. The average molecular weight is 302 g/mol. The number of carbonyl (C=O) groups is 1. The molecule has 0 aliphatic carbocycles. The molecule has 0 spiro atoms. The van der Waals surface area contributed by atoms with E-state index in [0.29, 0.717) is 26.3 Å². The second-order valence-corrected chi connectivity index (χ2v) is 5.92. The van der Waals surface area contributed by atoms with E-state index in [4.69, 9.17) is 9.47 Å². The van der Waals surface area contributed by atoms with E-state index >= 15 is 0 Å². The molecule has 22 heavy (non-hydrogen) atoms. The molecule has 1 aliphatic heterocycles. The van der Waals surface area contributed by atoms with Gasteiger partial charge in [-0.2, -0.15) is 0 Å². The summed E-state index contributed by atoms with van der Waals surface area (Å²) >= 11 is 0. The molecule has 1 N–H and O–H groups in total. The van der Waals surface area contributed by atoms with E-state index in [9.17, 15) is 4.79 Å². The summed E-state index contributed by atoms with van der Waals surface area (Å²) in [7, 11) is 0. The number of morpholine rings is 1. The molecule has 0 radical (unpaired) electrons. The molecule has 1 atom stereocenters. The second kappa shape index (κ2) is 6.40. The number of ether oxygens (including phenoxy) is 2. The number of aromatic nitrogens is 1. The predicted octanol–water partition coefficient (Wildman–Crippen LogP) is 2.43. The van der Waals surface area contributed by atoms with Crippen molar-refractivity contribution in [2.45, 2.75) is 20.0 Å². The molecule has 1 aromatic heterocycles. The summed E-state index contributed by atoms with van der Waals surface area (Å²) in [5.41, 5.74) is 0.933. The van der Waals surface area contributed by atoms with Crippen molar-refractivity contribution in [1.82, 2.24) is 9.88 Å². The molecule has 5 nitrogen and oxygen atoms in total. The topological polar surface area (TPSA) is 54.6 Å². The first-order chi connectivity index (χ1) is 10.7. The highest BCUT2D eigenvalue weighted by Crippen LogP contribution is 2.26. The summed E-state index contributed by atoms with van der Waals surface area (Å²) < 4.78 is 11.4. The third-order valence-electron chi connectivity index (χ3n) is 3.97. The number of benzene rings is 1. The van der Waals surface area contributed by atoms with Gasteiger partial charge in [0, 0.05) is 24.7 Å². The molecule has 0 bridgehead atoms. The summed E-state index contributed by atoms with van der Waals surface area (Å²) in [6, 6.07) is 7.87. The first-order valence-corrected chi connectivity index (χ1v) is 7.76. The number of carbonyl (C=O) groups excluding carboxylic acids is 1. The zero-order valence-electron chi connectivity index (χ0n) is 13.0. The van der Waals surface area contributed by atoms with Crippen LogP contribution in [0.2, 0.25) is 0 Å². The van der Waals surface area contributed by atoms with Gasteiger partial charge in [-0.05, 0) is 18.1 Å². The van der Waals surface area contributed by atoms with Gasteiger partial charge in [0.1, 0.15) is 5.75 Å². The molecular weight excluding hydrogens is 280 g/mol. The van der Waals surface area contributed by atoms with E-state index in [1.807, 2.05) is 49.2 Å². The van der Waals surface area contributed by atoms with Crippen LogP contribution >= 0.6 is 0 Å². The van der Waals surface area contributed by atoms with E-state index < -0.39 is 6.10 Å². The van der Waals surface area contributed by atoms with Crippen molar-refractivity contribution in [3.05, 3.63) is 30.5 Å². The van der Waals surface area contributed by atoms with E-state index in [0.717, 1.165) is 16.7 Å². The number of hydrogen-bond donors (Lipinski definition) is 1. The third-order valence-corrected chi connectivity index (χ3v) is 3.97. The monoisotopic (exact) mass is 302 g/mol. The molecule has 5 heteroatoms. The molecule has 1 saturated heterocycles. The number of fused-ring (bicyclic) bond motifs is 1. The van der Waals surface area contributed by atoms with Crippen LogP contribution in [0, 0.1) is 5.92 Å². The molecule has 0 saturated carbocycles. The Balaban J connectivity index is 1.82. The normalized spacial score (nSPS) is 17.0. The fraction of sp³-hybridized carbons (Fsp3) is 0.471. The van der Waals surface area contributed by atoms with Crippen LogP contribution in [-0.4, -0.2) is 48.2 Å². The summed E-state index contributed by atoms with van der Waals surface area (Å²) in [5.74, 6) is 0.866. The number of aromatic amines is 1. The third kappa shape index (κ3) is 2.95. The van der Waals surface area contributed by atoms with Gasteiger partial charge in [0.25, 0.3) is 5.91 Å². The standard InChI is InChI=1S/C17H22N2O3/c1-12(2)16(17(20)19-8-10-21-11-9-19)22-14-5-3-4-13-6-7-18-15(13)14/h3-7,12,16,18H,8-11H2,1-2H3. The van der Waals surface area contributed by atoms with Crippen molar-refractivity contribution in [3.63, 3.8) is 0 Å². The molecule has 118 valence electrons. The Bertz CT molecular complexity index is 644. The molecular formula is C17H22N2O3. The van der Waals surface area contributed by atoms with Crippen LogP contribution in [0.25, 0.3) is 10.9 Å². The maximum absolute atomic E-state index is 12.8. The maximum atomic E-state index is 12.8. The first-order valence-electron chi connectivity index (χ1n) is 7.76. The minimum Gasteiger partial charge on any atom is -0.478 e. The van der Waals surface area contributed by atoms with Crippen LogP contribution in [0.4, 0.5) is 0 Å². The van der Waals surface area contributed by atoms with Gasteiger partial charge in [-0.25, -0.2) is 0 Å². The Morgan fingerprint density at radius 3 is 2.77 bits per heavy atom. The Labute approximate surface area is 130 Å². The molecule has 1 fully saturated rings. The fourth-order valence-corrected chi connectivity index (χ4v) is 2.73. The van der Waals surface area contributed by atoms with Crippen molar-refractivity contribution < 1.29 is 14.3 Å². The smallest absolute Gasteiger partial charge is 0.264 e. The number of nitrogens with zero attached hydrogens (tertiary/aromatic N) is 1. The Hall–Kier alpha value is -2.01. The number of rotatable bonds is 4. The van der Waals surface area contributed by atoms with Gasteiger partial charge in [0.2, 0.25) is 0 Å². The van der Waals surface area contributed by atoms with E-state index in [1.54, 1.807) is 0 Å². The minimum absolute atomic E-state index is 0.0434. The Morgan fingerprint density at radius 1 is 1.27 bits per heavy atom. The SMILES string of the molecule is CC(C)C(Oc1cccc2cc[nH]c12)C(=O)N1CCOCC1. The van der Waals surface area contributed by atoms with Crippen LogP contribution in [0.1, 0.15) is 13.8 Å². The van der Waals surface area contributed by atoms with Gasteiger partial charge < -0.3 is 19.4 Å². The highest BCUT2D eigenvalue weighted by Gasteiger charge is 2.30. The molecule has 2 heterocycles. The van der Waals surface area contributed by atoms with Crippen molar-refractivity contribution in [3.8, 4) is 5.75 Å². The zero-order chi connectivity index (χ0) is 15.5. The summed E-state index contributed by atoms with van der Waals surface area (Å²) in [4.78, 5) is 17.8. The van der Waals surface area contributed by atoms with Crippen molar-refractivity contribution in [2.24, 2.45) is 5.92 Å². The highest BCUT2D eigenvalue weighted by molar-refractivity contribution is 5.86. The van der Waals surface area contributed by atoms with Gasteiger partial charge in [0.05, 0.1) is 18.7 Å². The number of para-hydroxylation sites is 1. The fourth-order valence-electron chi connectivity index (χ4n) is 2.73. The highest BCUT2D eigenvalue weighted by atomic mass is 16.5. The second-order valence-electron chi connectivity index (χ2n) is 5.92. The lowest BCUT2D eigenvalue weighted by Gasteiger charge is -2.32. The number of amides is 1. The number of nitrogens with one attached hydrogen (secondary N) is 1. The van der Waals surface area contributed by atoms with Crippen molar-refractivity contribution >= 4 is 16.8 Å². The summed E-state index contributed by atoms with van der Waals surface area (Å²) in [5, 5.41) is 1.08. The number of hydrogen-bond acceptors (Lipinski definition) is 3. The van der Waals surface area contributed by atoms with Crippen LogP contribution in [0.15, 0.2) is 30.5 Å². The predicted molar refractivity (Wildman–Crippen MR) is 85.0 cm³/mol. The zero-order valence-corrected chi connectivity index (χ0v) is 13.0. The Kier molecular flexibility index (Phi) is 4.34. The van der Waals surface area contributed by atoms with Gasteiger partial charge in [-0.1, -0.05) is 26.0 Å². The average Bonchev–Trinajstić information content (AvgIpc) is 3.02. The lowest BCUT2D eigenvalue weighted by atomic mass is 10.1.